The van der Waals surface area contributed by atoms with E-state index in [1.807, 2.05) is 0 Å². The first-order chi connectivity index (χ1) is 6.27. The first-order valence-electron chi connectivity index (χ1n) is 4.02. The zero-order chi connectivity index (χ0) is 9.68. The van der Waals surface area contributed by atoms with Crippen molar-refractivity contribution in [3.05, 3.63) is 17.5 Å². The largest absolute Gasteiger partial charge is 0.464 e. The average Bonchev–Trinajstić information content (AvgIpc) is 2.62. The van der Waals surface area contributed by atoms with Crippen molar-refractivity contribution in [3.8, 4) is 0 Å². The van der Waals surface area contributed by atoms with Crippen LogP contribution < -0.4 is 5.73 Å². The molecule has 1 aromatic rings. The SMILES string of the molecule is COC(=O)c1cc(CCCN)on1.Cl. The van der Waals surface area contributed by atoms with Crippen molar-refractivity contribution < 1.29 is 14.1 Å². The van der Waals surface area contributed by atoms with Crippen molar-refractivity contribution in [1.82, 2.24) is 5.16 Å². The van der Waals surface area contributed by atoms with Gasteiger partial charge in [0.25, 0.3) is 0 Å². The van der Waals surface area contributed by atoms with Crippen LogP contribution in [0.15, 0.2) is 10.6 Å². The highest BCUT2D eigenvalue weighted by molar-refractivity contribution is 5.86. The van der Waals surface area contributed by atoms with Gasteiger partial charge in [-0.15, -0.1) is 12.4 Å². The Morgan fingerprint density at radius 3 is 3.00 bits per heavy atom. The van der Waals surface area contributed by atoms with Gasteiger partial charge >= 0.3 is 5.97 Å². The fourth-order valence-electron chi connectivity index (χ4n) is 0.908. The molecule has 0 saturated carbocycles. The summed E-state index contributed by atoms with van der Waals surface area (Å²) in [5, 5.41) is 3.55. The fraction of sp³-hybridized carbons (Fsp3) is 0.500. The second kappa shape index (κ2) is 6.39. The van der Waals surface area contributed by atoms with Gasteiger partial charge in [0.05, 0.1) is 7.11 Å². The third kappa shape index (κ3) is 3.35. The zero-order valence-electron chi connectivity index (χ0n) is 7.86. The number of nitrogens with zero attached hydrogens (tertiary/aromatic N) is 1. The number of carbonyl (C=O) groups excluding carboxylic acids is 1. The zero-order valence-corrected chi connectivity index (χ0v) is 8.67. The number of nitrogens with two attached hydrogens (primary N) is 1. The van der Waals surface area contributed by atoms with E-state index >= 15 is 0 Å². The summed E-state index contributed by atoms with van der Waals surface area (Å²) in [6, 6.07) is 1.57. The van der Waals surface area contributed by atoms with Crippen molar-refractivity contribution in [2.24, 2.45) is 5.73 Å². The number of carbonyl (C=O) groups is 1. The minimum absolute atomic E-state index is 0. The van der Waals surface area contributed by atoms with E-state index in [0.717, 1.165) is 6.42 Å². The summed E-state index contributed by atoms with van der Waals surface area (Å²) in [5.74, 6) is 0.175. The summed E-state index contributed by atoms with van der Waals surface area (Å²) in [6.45, 7) is 0.592. The Bertz CT molecular complexity index is 288. The van der Waals surface area contributed by atoms with Crippen LogP contribution in [0, 0.1) is 0 Å². The maximum absolute atomic E-state index is 10.9. The van der Waals surface area contributed by atoms with E-state index in [-0.39, 0.29) is 18.1 Å². The summed E-state index contributed by atoms with van der Waals surface area (Å²) in [4.78, 5) is 10.9. The van der Waals surface area contributed by atoms with Crippen LogP contribution in [0.25, 0.3) is 0 Å². The van der Waals surface area contributed by atoms with Gasteiger partial charge in [0, 0.05) is 12.5 Å². The number of methoxy groups -OCH3 is 1. The van der Waals surface area contributed by atoms with Crippen LogP contribution in [0.1, 0.15) is 22.7 Å². The molecule has 1 heterocycles. The minimum Gasteiger partial charge on any atom is -0.464 e. The van der Waals surface area contributed by atoms with Gasteiger partial charge in [-0.2, -0.15) is 0 Å². The topological polar surface area (TPSA) is 78.4 Å². The molecule has 2 N–H and O–H groups in total. The van der Waals surface area contributed by atoms with E-state index in [9.17, 15) is 4.79 Å². The van der Waals surface area contributed by atoms with E-state index in [4.69, 9.17) is 10.3 Å². The van der Waals surface area contributed by atoms with Crippen LogP contribution in [-0.2, 0) is 11.2 Å². The van der Waals surface area contributed by atoms with Crippen molar-refractivity contribution in [2.45, 2.75) is 12.8 Å². The van der Waals surface area contributed by atoms with Gasteiger partial charge in [-0.3, -0.25) is 0 Å². The Kier molecular flexibility index (Phi) is 5.91. The van der Waals surface area contributed by atoms with Crippen LogP contribution in [0.5, 0.6) is 0 Å². The van der Waals surface area contributed by atoms with Crippen LogP contribution >= 0.6 is 12.4 Å². The van der Waals surface area contributed by atoms with Crippen LogP contribution in [0.3, 0.4) is 0 Å². The minimum atomic E-state index is -0.484. The molecular weight excluding hydrogens is 208 g/mol. The molecule has 0 bridgehead atoms. The molecule has 0 aliphatic heterocycles. The lowest BCUT2D eigenvalue weighted by molar-refractivity contribution is 0.0589. The highest BCUT2D eigenvalue weighted by atomic mass is 35.5. The molecule has 1 aromatic heterocycles. The van der Waals surface area contributed by atoms with Crippen LogP contribution in [0.2, 0.25) is 0 Å². The molecule has 0 fully saturated rings. The Morgan fingerprint density at radius 1 is 1.71 bits per heavy atom. The average molecular weight is 221 g/mol. The number of esters is 1. The normalized spacial score (nSPS) is 9.29. The lowest BCUT2D eigenvalue weighted by atomic mass is 10.2. The Hall–Kier alpha value is -1.07. The molecule has 0 unspecified atom stereocenters. The van der Waals surface area contributed by atoms with Gasteiger partial charge in [0.1, 0.15) is 5.76 Å². The third-order valence-corrected chi connectivity index (χ3v) is 1.58. The molecule has 0 aromatic carbocycles. The van der Waals surface area contributed by atoms with Gasteiger partial charge in [0.2, 0.25) is 0 Å². The number of halogens is 1. The lowest BCUT2D eigenvalue weighted by Crippen LogP contribution is -2.01. The number of aromatic nitrogens is 1. The Morgan fingerprint density at radius 2 is 2.43 bits per heavy atom. The highest BCUT2D eigenvalue weighted by Gasteiger charge is 2.11. The first-order valence-corrected chi connectivity index (χ1v) is 4.02. The predicted molar refractivity (Wildman–Crippen MR) is 52.5 cm³/mol. The quantitative estimate of drug-likeness (QED) is 0.759. The summed E-state index contributed by atoms with van der Waals surface area (Å²) >= 11 is 0. The second-order valence-corrected chi connectivity index (χ2v) is 2.56. The monoisotopic (exact) mass is 220 g/mol. The molecule has 0 spiro atoms. The number of rotatable bonds is 4. The summed E-state index contributed by atoms with van der Waals surface area (Å²) in [5.41, 5.74) is 5.52. The van der Waals surface area contributed by atoms with Crippen molar-refractivity contribution in [3.63, 3.8) is 0 Å². The molecule has 1 rings (SSSR count). The molecule has 0 aliphatic rings. The third-order valence-electron chi connectivity index (χ3n) is 1.58. The van der Waals surface area contributed by atoms with Crippen LogP contribution in [-0.4, -0.2) is 24.8 Å². The molecule has 5 nitrogen and oxygen atoms in total. The number of hydrogen-bond acceptors (Lipinski definition) is 5. The number of aryl methyl sites for hydroxylation is 1. The highest BCUT2D eigenvalue weighted by Crippen LogP contribution is 2.06. The smallest absolute Gasteiger partial charge is 0.360 e. The maximum atomic E-state index is 10.9. The van der Waals surface area contributed by atoms with E-state index < -0.39 is 5.97 Å². The maximum Gasteiger partial charge on any atom is 0.360 e. The molecule has 80 valence electrons. The number of hydrogen-bond donors (Lipinski definition) is 1. The molecule has 0 saturated heterocycles. The predicted octanol–water partition coefficient (Wildman–Crippen LogP) is 0.774. The molecule has 6 heteroatoms. The van der Waals surface area contributed by atoms with Crippen molar-refractivity contribution in [2.75, 3.05) is 13.7 Å². The molecular formula is C8H13ClN2O3. The summed E-state index contributed by atoms with van der Waals surface area (Å²) in [7, 11) is 1.30. The molecule has 0 amide bonds. The first kappa shape index (κ1) is 12.9. The van der Waals surface area contributed by atoms with E-state index in [0.29, 0.717) is 18.7 Å². The van der Waals surface area contributed by atoms with E-state index in [2.05, 4.69) is 9.89 Å². The summed E-state index contributed by atoms with van der Waals surface area (Å²) < 4.78 is 9.35. The van der Waals surface area contributed by atoms with Gasteiger partial charge in [-0.05, 0) is 13.0 Å². The number of ether oxygens (including phenoxy) is 1. The van der Waals surface area contributed by atoms with Gasteiger partial charge in [-0.1, -0.05) is 5.16 Å². The lowest BCUT2D eigenvalue weighted by Gasteiger charge is -1.89. The molecule has 0 radical (unpaired) electrons. The van der Waals surface area contributed by atoms with Gasteiger partial charge < -0.3 is 15.0 Å². The van der Waals surface area contributed by atoms with Crippen molar-refractivity contribution in [1.29, 1.82) is 0 Å². The van der Waals surface area contributed by atoms with Gasteiger partial charge in [0.15, 0.2) is 5.69 Å². The molecule has 0 atom stereocenters. The van der Waals surface area contributed by atoms with E-state index in [1.54, 1.807) is 6.07 Å². The van der Waals surface area contributed by atoms with E-state index in [1.165, 1.54) is 7.11 Å². The second-order valence-electron chi connectivity index (χ2n) is 2.56. The molecule has 14 heavy (non-hydrogen) atoms. The Labute approximate surface area is 88.0 Å². The fourth-order valence-corrected chi connectivity index (χ4v) is 0.908. The van der Waals surface area contributed by atoms with Crippen molar-refractivity contribution >= 4 is 18.4 Å². The molecule has 0 aliphatic carbocycles. The van der Waals surface area contributed by atoms with Gasteiger partial charge in [-0.25, -0.2) is 4.79 Å². The van der Waals surface area contributed by atoms with Crippen LogP contribution in [0.4, 0.5) is 0 Å². The Balaban J connectivity index is 0.00000169. The standard InChI is InChI=1S/C8H12N2O3.ClH/c1-12-8(11)7-5-6(13-10-7)3-2-4-9;/h5H,2-4,9H2,1H3;1H. The summed E-state index contributed by atoms with van der Waals surface area (Å²) in [6.07, 6.45) is 1.51.